The van der Waals surface area contributed by atoms with Crippen molar-refractivity contribution in [3.63, 3.8) is 0 Å². The quantitative estimate of drug-likeness (QED) is 0.904. The van der Waals surface area contributed by atoms with Crippen molar-refractivity contribution in [2.24, 2.45) is 11.7 Å². The van der Waals surface area contributed by atoms with Crippen LogP contribution in [0.25, 0.3) is 5.69 Å². The van der Waals surface area contributed by atoms with E-state index in [0.29, 0.717) is 23.2 Å². The fourth-order valence-corrected chi connectivity index (χ4v) is 3.31. The van der Waals surface area contributed by atoms with Crippen molar-refractivity contribution in [3.05, 3.63) is 47.2 Å². The number of nitrogens with two attached hydrogens (primary N) is 1. The van der Waals surface area contributed by atoms with Gasteiger partial charge in [0.25, 0.3) is 5.91 Å². The van der Waals surface area contributed by atoms with Crippen molar-refractivity contribution in [1.29, 1.82) is 0 Å². The van der Waals surface area contributed by atoms with Gasteiger partial charge in [0.15, 0.2) is 5.69 Å². The maximum absolute atomic E-state index is 12.4. The molecule has 0 bridgehead atoms. The monoisotopic (exact) mass is 332 g/mol. The lowest BCUT2D eigenvalue weighted by Gasteiger charge is -2.31. The molecule has 1 saturated carbocycles. The molecule has 0 radical (unpaired) electrons. The molecule has 1 fully saturated rings. The number of nitrogens with zero attached hydrogens (tertiary/aromatic N) is 2. The van der Waals surface area contributed by atoms with Crippen molar-refractivity contribution in [2.75, 3.05) is 6.54 Å². The highest BCUT2D eigenvalue weighted by molar-refractivity contribution is 6.30. The largest absolute Gasteiger partial charge is 0.348 e. The van der Waals surface area contributed by atoms with Crippen molar-refractivity contribution in [1.82, 2.24) is 15.1 Å². The molecule has 3 N–H and O–H groups in total. The molecule has 0 saturated heterocycles. The van der Waals surface area contributed by atoms with Crippen molar-refractivity contribution < 1.29 is 4.79 Å². The predicted octanol–water partition coefficient (Wildman–Crippen LogP) is 2.77. The number of carbonyl (C=O) groups is 1. The van der Waals surface area contributed by atoms with Gasteiger partial charge in [-0.1, -0.05) is 30.5 Å². The average molecular weight is 333 g/mol. The van der Waals surface area contributed by atoms with Gasteiger partial charge < -0.3 is 11.1 Å². The number of hydrogen-bond donors (Lipinski definition) is 2. The highest BCUT2D eigenvalue weighted by Crippen LogP contribution is 2.23. The molecule has 0 aliphatic heterocycles. The van der Waals surface area contributed by atoms with Gasteiger partial charge in [0.05, 0.1) is 5.69 Å². The van der Waals surface area contributed by atoms with Gasteiger partial charge >= 0.3 is 0 Å². The zero-order valence-electron chi connectivity index (χ0n) is 12.9. The van der Waals surface area contributed by atoms with Crippen LogP contribution in [0.2, 0.25) is 5.02 Å². The second-order valence-electron chi connectivity index (χ2n) is 5.99. The van der Waals surface area contributed by atoms with Crippen molar-refractivity contribution in [2.45, 2.75) is 31.7 Å². The van der Waals surface area contributed by atoms with Crippen molar-refractivity contribution >= 4 is 17.5 Å². The van der Waals surface area contributed by atoms with Gasteiger partial charge in [-0.15, -0.1) is 0 Å². The zero-order valence-corrected chi connectivity index (χ0v) is 13.7. The highest BCUT2D eigenvalue weighted by atomic mass is 35.5. The third-order valence-electron chi connectivity index (χ3n) is 4.42. The van der Waals surface area contributed by atoms with E-state index in [1.54, 1.807) is 23.0 Å². The maximum Gasteiger partial charge on any atom is 0.272 e. The molecular weight excluding hydrogens is 312 g/mol. The summed E-state index contributed by atoms with van der Waals surface area (Å²) >= 11 is 5.99. The van der Waals surface area contributed by atoms with Crippen LogP contribution < -0.4 is 11.1 Å². The van der Waals surface area contributed by atoms with Crippen molar-refractivity contribution in [3.8, 4) is 5.69 Å². The fraction of sp³-hybridized carbons (Fsp3) is 0.412. The number of aromatic nitrogens is 2. The Morgan fingerprint density at radius 2 is 2.17 bits per heavy atom. The van der Waals surface area contributed by atoms with E-state index in [2.05, 4.69) is 10.4 Å². The first-order chi connectivity index (χ1) is 11.2. The standard InChI is InChI=1S/C17H21ClN4O/c18-13-5-3-6-14(10-13)22-9-8-16(21-22)17(23)20-15-7-2-1-4-12(15)11-19/h3,5-6,8-10,12,15H,1-2,4,7,11,19H2,(H,20,23). The minimum Gasteiger partial charge on any atom is -0.348 e. The highest BCUT2D eigenvalue weighted by Gasteiger charge is 2.26. The van der Waals surface area contributed by atoms with E-state index in [0.717, 1.165) is 24.9 Å². The van der Waals surface area contributed by atoms with Crippen LogP contribution in [-0.4, -0.2) is 28.3 Å². The Morgan fingerprint density at radius 1 is 1.35 bits per heavy atom. The van der Waals surface area contributed by atoms with Crippen LogP contribution in [0.5, 0.6) is 0 Å². The van der Waals surface area contributed by atoms with Crippen LogP contribution in [0.4, 0.5) is 0 Å². The van der Waals surface area contributed by atoms with Crippen LogP contribution in [0.3, 0.4) is 0 Å². The summed E-state index contributed by atoms with van der Waals surface area (Å²) in [7, 11) is 0. The number of halogens is 1. The second kappa shape index (κ2) is 7.15. The van der Waals surface area contributed by atoms with Gasteiger partial charge in [0.2, 0.25) is 0 Å². The Hall–Kier alpha value is -1.85. The van der Waals surface area contributed by atoms with Gasteiger partial charge in [0, 0.05) is 17.3 Å². The molecule has 2 atom stereocenters. The Kier molecular flexibility index (Phi) is 4.98. The fourth-order valence-electron chi connectivity index (χ4n) is 3.13. The summed E-state index contributed by atoms with van der Waals surface area (Å²) in [4.78, 5) is 12.4. The molecule has 1 aliphatic carbocycles. The molecule has 0 spiro atoms. The topological polar surface area (TPSA) is 72.9 Å². The van der Waals surface area contributed by atoms with E-state index < -0.39 is 0 Å². The Labute approximate surface area is 140 Å². The number of nitrogens with one attached hydrogen (secondary N) is 1. The summed E-state index contributed by atoms with van der Waals surface area (Å²) in [5.41, 5.74) is 7.06. The Bertz CT molecular complexity index is 685. The molecule has 3 rings (SSSR count). The lowest BCUT2D eigenvalue weighted by molar-refractivity contribution is 0.0902. The predicted molar refractivity (Wildman–Crippen MR) is 90.8 cm³/mol. The van der Waals surface area contributed by atoms with Gasteiger partial charge in [0.1, 0.15) is 0 Å². The third kappa shape index (κ3) is 3.74. The van der Waals surface area contributed by atoms with Crippen LogP contribution in [0, 0.1) is 5.92 Å². The summed E-state index contributed by atoms with van der Waals surface area (Å²) < 4.78 is 1.65. The number of benzene rings is 1. The third-order valence-corrected chi connectivity index (χ3v) is 4.66. The minimum atomic E-state index is -0.142. The number of rotatable bonds is 4. The van der Waals surface area contributed by atoms with E-state index >= 15 is 0 Å². The summed E-state index contributed by atoms with van der Waals surface area (Å²) in [5.74, 6) is 0.221. The van der Waals surface area contributed by atoms with E-state index in [1.807, 2.05) is 18.2 Å². The molecule has 2 unspecified atom stereocenters. The minimum absolute atomic E-state index is 0.142. The smallest absolute Gasteiger partial charge is 0.272 e. The summed E-state index contributed by atoms with van der Waals surface area (Å²) in [6.07, 6.45) is 6.17. The van der Waals surface area contributed by atoms with Gasteiger partial charge in [-0.05, 0) is 49.6 Å². The van der Waals surface area contributed by atoms with Gasteiger partial charge in [-0.25, -0.2) is 4.68 Å². The first kappa shape index (κ1) is 16.0. The van der Waals surface area contributed by atoms with Crippen LogP contribution in [-0.2, 0) is 0 Å². The molecular formula is C17H21ClN4O. The molecule has 1 heterocycles. The molecule has 1 aromatic carbocycles. The van der Waals surface area contributed by atoms with Gasteiger partial charge in [-0.2, -0.15) is 5.10 Å². The normalized spacial score (nSPS) is 21.1. The zero-order chi connectivity index (χ0) is 16.2. The Balaban J connectivity index is 1.71. The maximum atomic E-state index is 12.4. The molecule has 6 heteroatoms. The lowest BCUT2D eigenvalue weighted by atomic mass is 9.84. The van der Waals surface area contributed by atoms with Crippen LogP contribution >= 0.6 is 11.6 Å². The number of hydrogen-bond acceptors (Lipinski definition) is 3. The van der Waals surface area contributed by atoms with Gasteiger partial charge in [-0.3, -0.25) is 4.79 Å². The molecule has 2 aromatic rings. The lowest BCUT2D eigenvalue weighted by Crippen LogP contribution is -2.44. The van der Waals surface area contributed by atoms with E-state index in [4.69, 9.17) is 17.3 Å². The molecule has 5 nitrogen and oxygen atoms in total. The Morgan fingerprint density at radius 3 is 2.96 bits per heavy atom. The van der Waals surface area contributed by atoms with E-state index in [1.165, 1.54) is 6.42 Å². The van der Waals surface area contributed by atoms with E-state index in [9.17, 15) is 4.79 Å². The molecule has 1 amide bonds. The number of amides is 1. The molecule has 1 aromatic heterocycles. The molecule has 23 heavy (non-hydrogen) atoms. The summed E-state index contributed by atoms with van der Waals surface area (Å²) in [6, 6.07) is 9.23. The number of carbonyl (C=O) groups excluding carboxylic acids is 1. The SMILES string of the molecule is NCC1CCCCC1NC(=O)c1ccn(-c2cccc(Cl)c2)n1. The summed E-state index contributed by atoms with van der Waals surface area (Å²) in [5, 5.41) is 8.08. The molecule has 122 valence electrons. The average Bonchev–Trinajstić information content (AvgIpc) is 3.05. The van der Waals surface area contributed by atoms with Crippen LogP contribution in [0.1, 0.15) is 36.2 Å². The summed E-state index contributed by atoms with van der Waals surface area (Å²) in [6.45, 7) is 0.613. The van der Waals surface area contributed by atoms with E-state index in [-0.39, 0.29) is 11.9 Å². The molecule has 1 aliphatic rings. The first-order valence-electron chi connectivity index (χ1n) is 8.00. The second-order valence-corrected chi connectivity index (χ2v) is 6.42. The van der Waals surface area contributed by atoms with Crippen LogP contribution in [0.15, 0.2) is 36.5 Å². The first-order valence-corrected chi connectivity index (χ1v) is 8.37.